The summed E-state index contributed by atoms with van der Waals surface area (Å²) in [7, 11) is 0. The first kappa shape index (κ1) is 27.2. The highest BCUT2D eigenvalue weighted by atomic mass is 19.3. The van der Waals surface area contributed by atoms with E-state index in [2.05, 4.69) is 13.2 Å². The van der Waals surface area contributed by atoms with E-state index in [9.17, 15) is 14.4 Å². The smallest absolute Gasteiger partial charge is 0.343 e. The fourth-order valence-corrected chi connectivity index (χ4v) is 4.39. The molecule has 0 unspecified atom stereocenters. The van der Waals surface area contributed by atoms with Crippen molar-refractivity contribution in [3.05, 3.63) is 138 Å². The van der Waals surface area contributed by atoms with E-state index in [0.29, 0.717) is 28.0 Å². The van der Waals surface area contributed by atoms with Crippen LogP contribution in [0.1, 0.15) is 42.2 Å². The summed E-state index contributed by atoms with van der Waals surface area (Å²) in [6.07, 6.45) is 2.38. The lowest BCUT2D eigenvalue weighted by Gasteiger charge is -2.14. The number of ether oxygens (including phenoxy) is 3. The molecule has 1 aliphatic carbocycles. The van der Waals surface area contributed by atoms with E-state index >= 15 is 8.78 Å². The molecule has 0 atom stereocenters. The van der Waals surface area contributed by atoms with E-state index in [1.54, 1.807) is 30.3 Å². The van der Waals surface area contributed by atoms with Crippen molar-refractivity contribution in [3.8, 4) is 28.4 Å². The van der Waals surface area contributed by atoms with Crippen molar-refractivity contribution >= 4 is 17.5 Å². The highest BCUT2D eigenvalue weighted by molar-refractivity contribution is 6.04. The van der Waals surface area contributed by atoms with Crippen LogP contribution in [-0.4, -0.2) is 24.3 Å². The van der Waals surface area contributed by atoms with Gasteiger partial charge in [-0.05, 0) is 96.1 Å². The van der Waals surface area contributed by atoms with Crippen LogP contribution in [0.2, 0.25) is 0 Å². The Morgan fingerprint density at radius 3 is 1.68 bits per heavy atom. The molecule has 41 heavy (non-hydrogen) atoms. The summed E-state index contributed by atoms with van der Waals surface area (Å²) in [4.78, 5) is 36.0. The van der Waals surface area contributed by atoms with Gasteiger partial charge >= 0.3 is 5.97 Å². The second-order valence-corrected chi connectivity index (χ2v) is 9.02. The van der Waals surface area contributed by atoms with Crippen LogP contribution in [0.15, 0.2) is 110 Å². The van der Waals surface area contributed by atoms with Crippen molar-refractivity contribution in [1.29, 1.82) is 0 Å². The van der Waals surface area contributed by atoms with E-state index in [4.69, 9.17) is 14.2 Å². The van der Waals surface area contributed by atoms with Gasteiger partial charge in [-0.1, -0.05) is 25.3 Å². The van der Waals surface area contributed by atoms with E-state index in [1.165, 1.54) is 60.7 Å². The molecule has 0 fully saturated rings. The first-order valence-corrected chi connectivity index (χ1v) is 12.4. The molecule has 0 saturated carbocycles. The number of rotatable bonds is 10. The minimum atomic E-state index is -3.39. The maximum atomic E-state index is 15.5. The van der Waals surface area contributed by atoms with Gasteiger partial charge in [0.25, 0.3) is 5.92 Å². The minimum Gasteiger partial charge on any atom is -0.458 e. The van der Waals surface area contributed by atoms with Crippen molar-refractivity contribution < 1.29 is 37.4 Å². The average molecular weight is 553 g/mol. The standard InChI is InChI=1S/C33H22F2O6/c1-3-30(36)20-5-10-23(11-6-20)39-19-40-25-14-16-27-26-15-9-22(17-28(26)33(34,35)29(27)18-25)32(38)41-24-12-7-21(8-13-24)31(37)4-2/h3-18H,1-2,19H2. The molecule has 4 aromatic rings. The third-order valence-electron chi connectivity index (χ3n) is 6.52. The van der Waals surface area contributed by atoms with Gasteiger partial charge in [0.1, 0.15) is 17.2 Å². The van der Waals surface area contributed by atoms with Gasteiger partial charge in [-0.2, -0.15) is 8.78 Å². The molecule has 0 radical (unpaired) electrons. The summed E-state index contributed by atoms with van der Waals surface area (Å²) in [6.45, 7) is 6.62. The van der Waals surface area contributed by atoms with Crippen molar-refractivity contribution in [1.82, 2.24) is 0 Å². The number of hydrogen-bond donors (Lipinski definition) is 0. The SMILES string of the molecule is C=CC(=O)c1ccc(OCOc2ccc3c(c2)C(F)(F)c2cc(C(=O)Oc4ccc(C(=O)C=C)cc4)ccc2-3)cc1. The Balaban J connectivity index is 1.27. The van der Waals surface area contributed by atoms with Gasteiger partial charge in [0.05, 0.1) is 5.56 Å². The molecule has 6 nitrogen and oxygen atoms in total. The predicted molar refractivity (Wildman–Crippen MR) is 148 cm³/mol. The zero-order valence-corrected chi connectivity index (χ0v) is 21.6. The Morgan fingerprint density at radius 1 is 0.634 bits per heavy atom. The van der Waals surface area contributed by atoms with Gasteiger partial charge < -0.3 is 14.2 Å². The quantitative estimate of drug-likeness (QED) is 0.0682. The minimum absolute atomic E-state index is 0.0480. The lowest BCUT2D eigenvalue weighted by Crippen LogP contribution is -2.14. The molecule has 4 aromatic carbocycles. The topological polar surface area (TPSA) is 78.9 Å². The average Bonchev–Trinajstić information content (AvgIpc) is 3.22. The van der Waals surface area contributed by atoms with Crippen LogP contribution < -0.4 is 14.2 Å². The molecule has 8 heteroatoms. The Hall–Kier alpha value is -5.37. The van der Waals surface area contributed by atoms with E-state index in [-0.39, 0.29) is 46.5 Å². The third-order valence-corrected chi connectivity index (χ3v) is 6.52. The van der Waals surface area contributed by atoms with E-state index < -0.39 is 11.9 Å². The molecule has 0 bridgehead atoms. The number of hydrogen-bond acceptors (Lipinski definition) is 6. The molecule has 0 heterocycles. The largest absolute Gasteiger partial charge is 0.458 e. The molecule has 0 aliphatic heterocycles. The summed E-state index contributed by atoms with van der Waals surface area (Å²) >= 11 is 0. The summed E-state index contributed by atoms with van der Waals surface area (Å²) in [5.74, 6) is -3.93. The van der Waals surface area contributed by atoms with Crippen LogP contribution in [0.5, 0.6) is 17.2 Å². The maximum absolute atomic E-state index is 15.5. The Morgan fingerprint density at radius 2 is 1.10 bits per heavy atom. The van der Waals surface area contributed by atoms with Crippen molar-refractivity contribution in [2.24, 2.45) is 0 Å². The van der Waals surface area contributed by atoms with Crippen LogP contribution in [0, 0.1) is 0 Å². The normalized spacial score (nSPS) is 12.4. The number of carbonyl (C=O) groups excluding carboxylic acids is 3. The molecular weight excluding hydrogens is 530 g/mol. The van der Waals surface area contributed by atoms with E-state index in [1.807, 2.05) is 0 Å². The van der Waals surface area contributed by atoms with Crippen LogP contribution >= 0.6 is 0 Å². The van der Waals surface area contributed by atoms with Gasteiger partial charge in [0, 0.05) is 22.3 Å². The molecule has 0 amide bonds. The van der Waals surface area contributed by atoms with Crippen LogP contribution in [0.25, 0.3) is 11.1 Å². The molecule has 1 aliphatic rings. The van der Waals surface area contributed by atoms with Crippen molar-refractivity contribution in [2.75, 3.05) is 6.79 Å². The second-order valence-electron chi connectivity index (χ2n) is 9.02. The third kappa shape index (κ3) is 5.40. The predicted octanol–water partition coefficient (Wildman–Crippen LogP) is 7.18. The molecule has 0 aromatic heterocycles. The molecular formula is C33H22F2O6. The van der Waals surface area contributed by atoms with Crippen LogP contribution in [0.4, 0.5) is 8.78 Å². The van der Waals surface area contributed by atoms with E-state index in [0.717, 1.165) is 6.07 Å². The van der Waals surface area contributed by atoms with Crippen molar-refractivity contribution in [2.45, 2.75) is 5.92 Å². The molecule has 204 valence electrons. The molecule has 0 spiro atoms. The number of esters is 1. The second kappa shape index (κ2) is 11.0. The highest BCUT2D eigenvalue weighted by Gasteiger charge is 2.45. The number of benzene rings is 4. The number of fused-ring (bicyclic) bond motifs is 3. The first-order chi connectivity index (χ1) is 19.7. The Bertz CT molecular complexity index is 1690. The first-order valence-electron chi connectivity index (χ1n) is 12.4. The van der Waals surface area contributed by atoms with Crippen LogP contribution in [0.3, 0.4) is 0 Å². The monoisotopic (exact) mass is 552 g/mol. The maximum Gasteiger partial charge on any atom is 0.343 e. The van der Waals surface area contributed by atoms with Crippen LogP contribution in [-0.2, 0) is 5.92 Å². The highest BCUT2D eigenvalue weighted by Crippen LogP contribution is 2.52. The Labute approximate surface area is 234 Å². The zero-order valence-electron chi connectivity index (χ0n) is 21.6. The van der Waals surface area contributed by atoms with Gasteiger partial charge in [-0.3, -0.25) is 9.59 Å². The van der Waals surface area contributed by atoms with Crippen molar-refractivity contribution in [3.63, 3.8) is 0 Å². The summed E-state index contributed by atoms with van der Waals surface area (Å²) in [5.41, 5.74) is 0.824. The number of allylic oxidation sites excluding steroid dienone is 2. The zero-order chi connectivity index (χ0) is 29.1. The molecule has 0 saturated heterocycles. The number of ketones is 2. The lowest BCUT2D eigenvalue weighted by atomic mass is 10.0. The van der Waals surface area contributed by atoms with Gasteiger partial charge in [0.15, 0.2) is 11.6 Å². The molecule has 5 rings (SSSR count). The number of carbonyl (C=O) groups is 3. The fourth-order valence-electron chi connectivity index (χ4n) is 4.39. The van der Waals surface area contributed by atoms with Gasteiger partial charge in [-0.15, -0.1) is 0 Å². The Kier molecular flexibility index (Phi) is 7.31. The lowest BCUT2D eigenvalue weighted by molar-refractivity contribution is 0.0471. The fraction of sp³-hybridized carbons (Fsp3) is 0.0606. The van der Waals surface area contributed by atoms with Gasteiger partial charge in [-0.25, -0.2) is 4.79 Å². The van der Waals surface area contributed by atoms with Gasteiger partial charge in [0.2, 0.25) is 6.79 Å². The number of alkyl halides is 2. The molecule has 0 N–H and O–H groups in total. The summed E-state index contributed by atoms with van der Waals surface area (Å²) in [6, 6.07) is 20.5. The number of halogens is 2. The summed E-state index contributed by atoms with van der Waals surface area (Å²) < 4.78 is 47.5. The summed E-state index contributed by atoms with van der Waals surface area (Å²) in [5, 5.41) is 0.